The molecular weight excluding hydrogens is 613 g/mol. The predicted molar refractivity (Wildman–Crippen MR) is 204 cm³/mol. The number of unbranched alkanes of at least 4 members (excludes halogenated alkanes) is 2. The second kappa shape index (κ2) is 17.9. The Morgan fingerprint density at radius 3 is 1.85 bits per heavy atom. The third kappa shape index (κ3) is 13.7. The Labute approximate surface area is 292 Å². The fraction of sp³-hybridized carbons (Fsp3) is 0.659. The van der Waals surface area contributed by atoms with Crippen LogP contribution in [0, 0.1) is 10.8 Å². The highest BCUT2D eigenvalue weighted by molar-refractivity contribution is 6.48. The third-order valence-electron chi connectivity index (χ3n) is 8.74. The summed E-state index contributed by atoms with van der Waals surface area (Å²) in [4.78, 5) is 0. The van der Waals surface area contributed by atoms with Crippen LogP contribution in [0.2, 0.25) is 26.2 Å². The first-order chi connectivity index (χ1) is 21.9. The van der Waals surface area contributed by atoms with Gasteiger partial charge in [0.2, 0.25) is 18.1 Å². The summed E-state index contributed by atoms with van der Waals surface area (Å²) in [5.74, 6) is 0. The van der Waals surface area contributed by atoms with Crippen molar-refractivity contribution >= 4 is 30.2 Å². The van der Waals surface area contributed by atoms with Crippen LogP contribution in [0.5, 0.6) is 0 Å². The summed E-state index contributed by atoms with van der Waals surface area (Å²) in [5.41, 5.74) is 6.16. The lowest BCUT2D eigenvalue weighted by molar-refractivity contribution is -0.217. The lowest BCUT2D eigenvalue weighted by Crippen LogP contribution is -2.34. The molecule has 1 aliphatic rings. The van der Waals surface area contributed by atoms with Gasteiger partial charge in [-0.05, 0) is 123 Å². The quantitative estimate of drug-likeness (QED) is 0.101. The predicted octanol–water partition coefficient (Wildman–Crippen LogP) is 12.0. The molecule has 0 N–H and O–H groups in total. The van der Waals surface area contributed by atoms with E-state index in [2.05, 4.69) is 136 Å². The normalized spacial score (nSPS) is 18.0. The Morgan fingerprint density at radius 1 is 0.723 bits per heavy atom. The van der Waals surface area contributed by atoms with Crippen LogP contribution in [-0.4, -0.2) is 36.6 Å². The van der Waals surface area contributed by atoms with E-state index in [1.807, 2.05) is 0 Å². The van der Waals surface area contributed by atoms with Crippen molar-refractivity contribution in [1.29, 1.82) is 0 Å². The molecule has 2 aromatic rings. The summed E-state index contributed by atoms with van der Waals surface area (Å²) in [6, 6.07) is 16.0. The molecule has 0 amide bonds. The molecular formula is C41H66O4Si2. The van der Waals surface area contributed by atoms with Crippen LogP contribution < -0.4 is 0 Å². The number of ether oxygens (including phenoxy) is 2. The molecule has 0 aromatic heterocycles. The van der Waals surface area contributed by atoms with Gasteiger partial charge >= 0.3 is 0 Å². The van der Waals surface area contributed by atoms with Gasteiger partial charge in [-0.15, -0.1) is 0 Å². The van der Waals surface area contributed by atoms with Crippen molar-refractivity contribution in [3.05, 3.63) is 70.3 Å². The lowest BCUT2D eigenvalue weighted by Gasteiger charge is -2.39. The van der Waals surface area contributed by atoms with Crippen LogP contribution in [0.4, 0.5) is 0 Å². The highest BCUT2D eigenvalue weighted by Crippen LogP contribution is 2.45. The van der Waals surface area contributed by atoms with E-state index in [9.17, 15) is 0 Å². The Balaban J connectivity index is 1.68. The summed E-state index contributed by atoms with van der Waals surface area (Å²) in [6.07, 6.45) is 13.7. The first-order valence-electron chi connectivity index (χ1n) is 18.1. The van der Waals surface area contributed by atoms with Crippen LogP contribution in [-0.2, 0) is 24.7 Å². The zero-order valence-corrected chi connectivity index (χ0v) is 33.9. The Morgan fingerprint density at radius 2 is 1.30 bits per heavy atom. The molecule has 3 atom stereocenters. The van der Waals surface area contributed by atoms with E-state index in [1.54, 1.807) is 0 Å². The van der Waals surface area contributed by atoms with Gasteiger partial charge < -0.3 is 18.3 Å². The van der Waals surface area contributed by atoms with E-state index >= 15 is 0 Å². The molecule has 2 aromatic carbocycles. The summed E-state index contributed by atoms with van der Waals surface area (Å²) < 4.78 is 25.5. The van der Waals surface area contributed by atoms with E-state index in [0.717, 1.165) is 32.3 Å². The molecule has 0 bridgehead atoms. The highest BCUT2D eigenvalue weighted by Gasteiger charge is 2.36. The zero-order chi connectivity index (χ0) is 34.8. The lowest BCUT2D eigenvalue weighted by atomic mass is 9.77. The minimum atomic E-state index is -0.919. The summed E-state index contributed by atoms with van der Waals surface area (Å²) >= 11 is 0. The molecule has 4 nitrogen and oxygen atoms in total. The molecule has 1 heterocycles. The fourth-order valence-electron chi connectivity index (χ4n) is 6.31. The Hall–Kier alpha value is -1.55. The van der Waals surface area contributed by atoms with Crippen LogP contribution in [0.1, 0.15) is 140 Å². The van der Waals surface area contributed by atoms with Gasteiger partial charge in [0, 0.05) is 6.61 Å². The first-order valence-corrected chi connectivity index (χ1v) is 22.9. The van der Waals surface area contributed by atoms with Gasteiger partial charge in [-0.25, -0.2) is 0 Å². The highest BCUT2D eigenvalue weighted by atomic mass is 28.3. The van der Waals surface area contributed by atoms with E-state index in [4.69, 9.17) is 18.3 Å². The fourth-order valence-corrected chi connectivity index (χ4v) is 8.21. The summed E-state index contributed by atoms with van der Waals surface area (Å²) in [5, 5.41) is 0. The maximum Gasteiger partial charge on any atom is 0.205 e. The molecule has 1 aliphatic heterocycles. The van der Waals surface area contributed by atoms with Crippen molar-refractivity contribution in [2.75, 3.05) is 6.61 Å². The Bertz CT molecular complexity index is 1230. The van der Waals surface area contributed by atoms with Crippen molar-refractivity contribution in [3.8, 4) is 0 Å². The number of hydrogen-bond donors (Lipinski definition) is 0. The van der Waals surface area contributed by atoms with Crippen molar-refractivity contribution < 1.29 is 18.3 Å². The molecule has 1 saturated heterocycles. The molecule has 0 spiro atoms. The average molecular weight is 679 g/mol. The monoisotopic (exact) mass is 678 g/mol. The number of benzene rings is 2. The topological polar surface area (TPSA) is 36.9 Å². The van der Waals surface area contributed by atoms with Gasteiger partial charge in [0.05, 0.1) is 17.8 Å². The maximum atomic E-state index is 6.75. The standard InChI is InChI=1S/C41H66O4Si2/c1-39(2,3)37(44-46(9)10)34-27-26-33(30-35(34)38(40(4,5)6)45-47(11)12)25-24-32-22-20-31(21-23-32)18-14-13-16-28-41(7,8)43-36-19-15-17-29-42-36/h20-27,30,36-38H,13-19,28-29H2,1-12H3. The van der Waals surface area contributed by atoms with Crippen LogP contribution in [0.3, 0.4) is 0 Å². The number of hydrogen-bond acceptors (Lipinski definition) is 4. The van der Waals surface area contributed by atoms with Crippen LogP contribution in [0.25, 0.3) is 12.2 Å². The number of aryl methyl sites for hydroxylation is 1. The van der Waals surface area contributed by atoms with Gasteiger partial charge in [-0.1, -0.05) is 103 Å². The van der Waals surface area contributed by atoms with E-state index in [1.165, 1.54) is 53.5 Å². The van der Waals surface area contributed by atoms with Crippen molar-refractivity contribution in [3.63, 3.8) is 0 Å². The van der Waals surface area contributed by atoms with Gasteiger partial charge in [0.25, 0.3) is 0 Å². The van der Waals surface area contributed by atoms with Crippen molar-refractivity contribution in [1.82, 2.24) is 0 Å². The minimum absolute atomic E-state index is 0.00337. The molecule has 3 unspecified atom stereocenters. The molecule has 6 heteroatoms. The smallest absolute Gasteiger partial charge is 0.205 e. The second-order valence-electron chi connectivity index (χ2n) is 16.7. The second-order valence-corrected chi connectivity index (χ2v) is 20.8. The SMILES string of the molecule is C[Si](C)OC(c1ccc(C=Cc2ccc(CCCCCC(C)(C)OC3CCCCO3)cc2)cc1C(O[Si](C)C)C(C)(C)C)C(C)(C)C. The van der Waals surface area contributed by atoms with Gasteiger partial charge in [0.15, 0.2) is 6.29 Å². The molecule has 47 heavy (non-hydrogen) atoms. The molecule has 0 saturated carbocycles. The van der Waals surface area contributed by atoms with E-state index in [0.29, 0.717) is 0 Å². The number of rotatable bonds is 16. The Kier molecular flexibility index (Phi) is 15.2. The summed E-state index contributed by atoms with van der Waals surface area (Å²) in [6.45, 7) is 27.9. The molecule has 2 radical (unpaired) electrons. The van der Waals surface area contributed by atoms with Crippen LogP contribution >= 0.6 is 0 Å². The maximum absolute atomic E-state index is 6.75. The molecule has 0 aliphatic carbocycles. The van der Waals surface area contributed by atoms with E-state index in [-0.39, 0.29) is 34.9 Å². The molecule has 1 fully saturated rings. The minimum Gasteiger partial charge on any atom is -0.410 e. The molecule has 262 valence electrons. The van der Waals surface area contributed by atoms with Gasteiger partial charge in [0.1, 0.15) is 0 Å². The van der Waals surface area contributed by atoms with Crippen molar-refractivity contribution in [2.24, 2.45) is 10.8 Å². The van der Waals surface area contributed by atoms with Crippen LogP contribution in [0.15, 0.2) is 42.5 Å². The summed E-state index contributed by atoms with van der Waals surface area (Å²) in [7, 11) is -1.82. The average Bonchev–Trinajstić information content (AvgIpc) is 2.97. The van der Waals surface area contributed by atoms with Gasteiger partial charge in [-0.3, -0.25) is 0 Å². The first kappa shape index (κ1) is 39.9. The van der Waals surface area contributed by atoms with Gasteiger partial charge in [-0.2, -0.15) is 0 Å². The van der Waals surface area contributed by atoms with Crippen molar-refractivity contribution in [2.45, 2.75) is 157 Å². The largest absolute Gasteiger partial charge is 0.410 e. The zero-order valence-electron chi connectivity index (χ0n) is 31.9. The van der Waals surface area contributed by atoms with E-state index < -0.39 is 18.1 Å². The molecule has 3 rings (SSSR count). The third-order valence-corrected chi connectivity index (χ3v) is 10.2.